The summed E-state index contributed by atoms with van der Waals surface area (Å²) in [5.41, 5.74) is 4.20. The molecule has 0 aliphatic heterocycles. The van der Waals surface area contributed by atoms with Gasteiger partial charge in [0.25, 0.3) is 5.22 Å². The van der Waals surface area contributed by atoms with Gasteiger partial charge in [-0.25, -0.2) is 0 Å². The van der Waals surface area contributed by atoms with Gasteiger partial charge in [0.1, 0.15) is 0 Å². The van der Waals surface area contributed by atoms with Crippen LogP contribution in [0.4, 0.5) is 0 Å². The molecule has 3 aromatic rings. The molecular formula is C24H28N2O2S. The van der Waals surface area contributed by atoms with Crippen LogP contribution in [0.15, 0.2) is 58.2 Å². The molecule has 0 unspecified atom stereocenters. The summed E-state index contributed by atoms with van der Waals surface area (Å²) in [6.45, 7) is 13.0. The van der Waals surface area contributed by atoms with Crippen molar-refractivity contribution in [2.75, 3.05) is 5.75 Å². The monoisotopic (exact) mass is 408 g/mol. The van der Waals surface area contributed by atoms with Crippen molar-refractivity contribution in [3.63, 3.8) is 0 Å². The van der Waals surface area contributed by atoms with E-state index in [-0.39, 0.29) is 22.4 Å². The number of hydrogen-bond acceptors (Lipinski definition) is 5. The van der Waals surface area contributed by atoms with Crippen molar-refractivity contribution in [2.24, 2.45) is 0 Å². The highest BCUT2D eigenvalue weighted by Crippen LogP contribution is 2.28. The number of benzene rings is 2. The summed E-state index contributed by atoms with van der Waals surface area (Å²) in [4.78, 5) is 12.5. The average molecular weight is 409 g/mol. The van der Waals surface area contributed by atoms with Crippen LogP contribution in [0, 0.1) is 0 Å². The molecule has 29 heavy (non-hydrogen) atoms. The van der Waals surface area contributed by atoms with Gasteiger partial charge in [-0.2, -0.15) is 0 Å². The number of thioether (sulfide) groups is 1. The van der Waals surface area contributed by atoms with Crippen molar-refractivity contribution in [3.05, 3.63) is 65.2 Å². The van der Waals surface area contributed by atoms with E-state index in [4.69, 9.17) is 4.42 Å². The first-order valence-electron chi connectivity index (χ1n) is 9.75. The van der Waals surface area contributed by atoms with Crippen molar-refractivity contribution < 1.29 is 9.21 Å². The maximum absolute atomic E-state index is 12.5. The highest BCUT2D eigenvalue weighted by Gasteiger charge is 2.17. The first kappa shape index (κ1) is 21.3. The number of aromatic nitrogens is 2. The number of Topliss-reactive ketones (excluding diaryl/α,β-unsaturated/α-hetero) is 1. The zero-order valence-electron chi connectivity index (χ0n) is 17.9. The Morgan fingerprint density at radius 3 is 1.86 bits per heavy atom. The van der Waals surface area contributed by atoms with Gasteiger partial charge in [-0.1, -0.05) is 89.7 Å². The topological polar surface area (TPSA) is 56.0 Å². The fourth-order valence-electron chi connectivity index (χ4n) is 2.86. The van der Waals surface area contributed by atoms with E-state index < -0.39 is 0 Å². The van der Waals surface area contributed by atoms with Gasteiger partial charge in [0.15, 0.2) is 5.78 Å². The number of nitrogens with zero attached hydrogens (tertiary/aromatic N) is 2. The maximum atomic E-state index is 12.5. The Morgan fingerprint density at radius 2 is 1.34 bits per heavy atom. The molecule has 0 spiro atoms. The maximum Gasteiger partial charge on any atom is 0.277 e. The van der Waals surface area contributed by atoms with Crippen molar-refractivity contribution in [2.45, 2.75) is 57.6 Å². The number of carbonyl (C=O) groups is 1. The minimum absolute atomic E-state index is 0.0461. The van der Waals surface area contributed by atoms with Crippen LogP contribution in [0.2, 0.25) is 0 Å². The predicted molar refractivity (Wildman–Crippen MR) is 119 cm³/mol. The van der Waals surface area contributed by atoms with E-state index in [1.165, 1.54) is 22.9 Å². The molecule has 0 aliphatic carbocycles. The Bertz CT molecular complexity index is 975. The quantitative estimate of drug-likeness (QED) is 0.366. The molecule has 0 atom stereocenters. The molecule has 0 amide bonds. The molecule has 0 saturated carbocycles. The summed E-state index contributed by atoms with van der Waals surface area (Å²) in [6.07, 6.45) is 0. The fourth-order valence-corrected chi connectivity index (χ4v) is 3.52. The molecule has 0 N–H and O–H groups in total. The van der Waals surface area contributed by atoms with E-state index >= 15 is 0 Å². The second-order valence-corrected chi connectivity index (χ2v) is 10.2. The van der Waals surface area contributed by atoms with Crippen LogP contribution < -0.4 is 0 Å². The zero-order chi connectivity index (χ0) is 21.2. The van der Waals surface area contributed by atoms with Gasteiger partial charge in [0.2, 0.25) is 5.89 Å². The summed E-state index contributed by atoms with van der Waals surface area (Å²) in [7, 11) is 0. The van der Waals surface area contributed by atoms with Crippen molar-refractivity contribution in [1.82, 2.24) is 10.2 Å². The lowest BCUT2D eigenvalue weighted by Gasteiger charge is -2.18. The van der Waals surface area contributed by atoms with Crippen molar-refractivity contribution in [3.8, 4) is 11.5 Å². The highest BCUT2D eigenvalue weighted by atomic mass is 32.2. The van der Waals surface area contributed by atoms with Gasteiger partial charge in [-0.3, -0.25) is 4.79 Å². The third-order valence-corrected chi connectivity index (χ3v) is 5.62. The molecule has 0 aliphatic rings. The molecule has 3 rings (SSSR count). The molecular weight excluding hydrogens is 380 g/mol. The number of rotatable bonds is 5. The minimum Gasteiger partial charge on any atom is -0.411 e. The van der Waals surface area contributed by atoms with E-state index in [0.717, 1.165) is 5.56 Å². The van der Waals surface area contributed by atoms with Crippen LogP contribution in [0.25, 0.3) is 11.5 Å². The third kappa shape index (κ3) is 5.36. The van der Waals surface area contributed by atoms with E-state index in [2.05, 4.69) is 63.9 Å². The number of hydrogen-bond donors (Lipinski definition) is 0. The van der Waals surface area contributed by atoms with Gasteiger partial charge >= 0.3 is 0 Å². The Morgan fingerprint density at radius 1 is 0.828 bits per heavy atom. The van der Waals surface area contributed by atoms with Crippen molar-refractivity contribution in [1.29, 1.82) is 0 Å². The molecule has 1 heterocycles. The number of carbonyl (C=O) groups excluding carboxylic acids is 1. The van der Waals surface area contributed by atoms with Crippen LogP contribution in [0.1, 0.15) is 63.0 Å². The molecule has 0 bridgehead atoms. The zero-order valence-corrected chi connectivity index (χ0v) is 18.8. The summed E-state index contributed by atoms with van der Waals surface area (Å²) in [5, 5.41) is 8.59. The Labute approximate surface area is 177 Å². The first-order chi connectivity index (χ1) is 13.5. The largest absolute Gasteiger partial charge is 0.411 e. The van der Waals surface area contributed by atoms with Gasteiger partial charge < -0.3 is 4.42 Å². The Hall–Kier alpha value is -2.40. The van der Waals surface area contributed by atoms with E-state index in [0.29, 0.717) is 16.7 Å². The summed E-state index contributed by atoms with van der Waals surface area (Å²) < 4.78 is 5.73. The lowest BCUT2D eigenvalue weighted by molar-refractivity contribution is 0.102. The van der Waals surface area contributed by atoms with Crippen LogP contribution in [-0.4, -0.2) is 21.7 Å². The van der Waals surface area contributed by atoms with Crippen LogP contribution in [0.5, 0.6) is 0 Å². The fraction of sp³-hybridized carbons (Fsp3) is 0.375. The molecule has 0 radical (unpaired) electrons. The molecule has 2 aromatic carbocycles. The van der Waals surface area contributed by atoms with Crippen molar-refractivity contribution >= 4 is 17.5 Å². The van der Waals surface area contributed by atoms with Gasteiger partial charge in [0, 0.05) is 11.1 Å². The normalized spacial score (nSPS) is 12.2. The molecule has 0 fully saturated rings. The molecule has 152 valence electrons. The standard InChI is InChI=1S/C24H28N2O2S/c1-23(2,3)18-11-7-16(8-12-18)20(27)15-29-22-26-25-21(28-22)17-9-13-19(14-10-17)24(4,5)6/h7-14H,15H2,1-6H3. The van der Waals surface area contributed by atoms with E-state index in [1.807, 2.05) is 36.4 Å². The molecule has 5 heteroatoms. The molecule has 4 nitrogen and oxygen atoms in total. The lowest BCUT2D eigenvalue weighted by Crippen LogP contribution is -2.11. The van der Waals surface area contributed by atoms with E-state index in [9.17, 15) is 4.79 Å². The second-order valence-electron chi connectivity index (χ2n) is 9.24. The highest BCUT2D eigenvalue weighted by molar-refractivity contribution is 7.99. The summed E-state index contributed by atoms with van der Waals surface area (Å²) >= 11 is 1.27. The average Bonchev–Trinajstić information content (AvgIpc) is 3.14. The Balaban J connectivity index is 1.62. The van der Waals surface area contributed by atoms with Crippen LogP contribution in [0.3, 0.4) is 0 Å². The van der Waals surface area contributed by atoms with Crippen LogP contribution >= 0.6 is 11.8 Å². The summed E-state index contributed by atoms with van der Waals surface area (Å²) in [6, 6.07) is 16.0. The predicted octanol–water partition coefficient (Wildman–Crippen LogP) is 6.31. The van der Waals surface area contributed by atoms with E-state index in [1.54, 1.807) is 0 Å². The smallest absolute Gasteiger partial charge is 0.277 e. The second kappa shape index (κ2) is 8.15. The Kier molecular flexibility index (Phi) is 5.99. The first-order valence-corrected chi connectivity index (χ1v) is 10.7. The van der Waals surface area contributed by atoms with Gasteiger partial charge in [-0.15, -0.1) is 10.2 Å². The molecule has 0 saturated heterocycles. The van der Waals surface area contributed by atoms with Crippen LogP contribution in [-0.2, 0) is 10.8 Å². The number of ketones is 1. The molecule has 1 aromatic heterocycles. The summed E-state index contributed by atoms with van der Waals surface area (Å²) in [5.74, 6) is 0.777. The SMILES string of the molecule is CC(C)(C)c1ccc(C(=O)CSc2nnc(-c3ccc(C(C)(C)C)cc3)o2)cc1. The minimum atomic E-state index is 0.0461. The van der Waals surface area contributed by atoms with Gasteiger partial charge in [-0.05, 0) is 34.1 Å². The van der Waals surface area contributed by atoms with Gasteiger partial charge in [0.05, 0.1) is 5.75 Å². The lowest BCUT2D eigenvalue weighted by atomic mass is 9.86. The third-order valence-electron chi connectivity index (χ3n) is 4.80.